The highest BCUT2D eigenvalue weighted by Crippen LogP contribution is 2.31. The van der Waals surface area contributed by atoms with Gasteiger partial charge in [0.2, 0.25) is 10.0 Å². The fourth-order valence-electron chi connectivity index (χ4n) is 3.62. The Kier molecular flexibility index (Phi) is 6.34. The van der Waals surface area contributed by atoms with Crippen molar-refractivity contribution in [3.8, 4) is 5.75 Å². The van der Waals surface area contributed by atoms with Crippen molar-refractivity contribution >= 4 is 21.6 Å². The topological polar surface area (TPSA) is 84.5 Å². The fraction of sp³-hybridized carbons (Fsp3) is 0.208. The zero-order valence-corrected chi connectivity index (χ0v) is 17.8. The third-order valence-corrected chi connectivity index (χ3v) is 6.66. The molecule has 3 aromatic rings. The SMILES string of the molecule is O=C1COc2ccc(S(=O)(=O)NC(CCCc3ccccc3)c3ccccc3)cc2N1. The number of benzene rings is 3. The van der Waals surface area contributed by atoms with Crippen molar-refractivity contribution in [2.24, 2.45) is 0 Å². The maximum Gasteiger partial charge on any atom is 0.262 e. The molecule has 160 valence electrons. The van der Waals surface area contributed by atoms with Gasteiger partial charge in [0.05, 0.1) is 10.6 Å². The van der Waals surface area contributed by atoms with Crippen LogP contribution in [0.3, 0.4) is 0 Å². The summed E-state index contributed by atoms with van der Waals surface area (Å²) in [7, 11) is -3.81. The number of anilines is 1. The summed E-state index contributed by atoms with van der Waals surface area (Å²) < 4.78 is 34.5. The quantitative estimate of drug-likeness (QED) is 0.558. The minimum absolute atomic E-state index is 0.0746. The van der Waals surface area contributed by atoms with Gasteiger partial charge in [-0.05, 0) is 48.6 Å². The van der Waals surface area contributed by atoms with Crippen LogP contribution in [0.4, 0.5) is 5.69 Å². The summed E-state index contributed by atoms with van der Waals surface area (Å²) in [6, 6.07) is 23.8. The summed E-state index contributed by atoms with van der Waals surface area (Å²) >= 11 is 0. The number of sulfonamides is 1. The van der Waals surface area contributed by atoms with Crippen LogP contribution in [0.1, 0.15) is 30.0 Å². The molecule has 0 aromatic heterocycles. The van der Waals surface area contributed by atoms with E-state index in [0.717, 1.165) is 18.4 Å². The van der Waals surface area contributed by atoms with E-state index in [9.17, 15) is 13.2 Å². The molecule has 0 saturated heterocycles. The first kappa shape index (κ1) is 21.1. The monoisotopic (exact) mass is 436 g/mol. The molecule has 1 aliphatic heterocycles. The van der Waals surface area contributed by atoms with E-state index in [-0.39, 0.29) is 23.5 Å². The zero-order valence-electron chi connectivity index (χ0n) is 17.0. The van der Waals surface area contributed by atoms with Gasteiger partial charge in [-0.15, -0.1) is 0 Å². The first-order valence-electron chi connectivity index (χ1n) is 10.2. The normalized spacial score (nSPS) is 14.3. The van der Waals surface area contributed by atoms with E-state index in [0.29, 0.717) is 17.9 Å². The third-order valence-electron chi connectivity index (χ3n) is 5.19. The Balaban J connectivity index is 1.53. The summed E-state index contributed by atoms with van der Waals surface area (Å²) in [5.74, 6) is 0.152. The van der Waals surface area contributed by atoms with Crippen LogP contribution < -0.4 is 14.8 Å². The minimum atomic E-state index is -3.81. The Morgan fingerprint density at radius 2 is 1.68 bits per heavy atom. The number of aryl methyl sites for hydroxylation is 1. The lowest BCUT2D eigenvalue weighted by molar-refractivity contribution is -0.118. The summed E-state index contributed by atoms with van der Waals surface area (Å²) in [4.78, 5) is 11.7. The number of ether oxygens (including phenoxy) is 1. The number of hydrogen-bond acceptors (Lipinski definition) is 4. The Morgan fingerprint density at radius 1 is 0.968 bits per heavy atom. The van der Waals surface area contributed by atoms with Crippen molar-refractivity contribution in [3.63, 3.8) is 0 Å². The Bertz CT molecular complexity index is 1150. The van der Waals surface area contributed by atoms with E-state index >= 15 is 0 Å². The molecule has 4 rings (SSSR count). The molecular weight excluding hydrogens is 412 g/mol. The molecule has 1 unspecified atom stereocenters. The highest BCUT2D eigenvalue weighted by molar-refractivity contribution is 7.89. The van der Waals surface area contributed by atoms with Crippen molar-refractivity contribution in [1.29, 1.82) is 0 Å². The van der Waals surface area contributed by atoms with E-state index in [1.807, 2.05) is 48.5 Å². The lowest BCUT2D eigenvalue weighted by Gasteiger charge is -2.21. The molecule has 0 fully saturated rings. The average molecular weight is 437 g/mol. The second-order valence-electron chi connectivity index (χ2n) is 7.46. The van der Waals surface area contributed by atoms with E-state index in [1.54, 1.807) is 6.07 Å². The third kappa shape index (κ3) is 5.31. The van der Waals surface area contributed by atoms with Gasteiger partial charge in [-0.1, -0.05) is 60.7 Å². The fourth-order valence-corrected chi connectivity index (χ4v) is 4.90. The van der Waals surface area contributed by atoms with E-state index < -0.39 is 10.0 Å². The molecule has 0 aliphatic carbocycles. The van der Waals surface area contributed by atoms with Crippen LogP contribution in [0.2, 0.25) is 0 Å². The van der Waals surface area contributed by atoms with Crippen molar-refractivity contribution < 1.29 is 17.9 Å². The van der Waals surface area contributed by atoms with Gasteiger partial charge in [0.15, 0.2) is 6.61 Å². The highest BCUT2D eigenvalue weighted by Gasteiger charge is 2.24. The van der Waals surface area contributed by atoms with Crippen LogP contribution in [0, 0.1) is 0 Å². The van der Waals surface area contributed by atoms with Gasteiger partial charge in [-0.3, -0.25) is 4.79 Å². The maximum atomic E-state index is 13.2. The van der Waals surface area contributed by atoms with Crippen LogP contribution in [0.15, 0.2) is 83.8 Å². The van der Waals surface area contributed by atoms with Gasteiger partial charge in [0.1, 0.15) is 5.75 Å². The molecular formula is C24H24N2O4S. The molecule has 7 heteroatoms. The smallest absolute Gasteiger partial charge is 0.262 e. The molecule has 1 heterocycles. The van der Waals surface area contributed by atoms with Gasteiger partial charge < -0.3 is 10.1 Å². The molecule has 0 spiro atoms. The molecule has 1 aliphatic rings. The van der Waals surface area contributed by atoms with Crippen LogP contribution in [0.5, 0.6) is 5.75 Å². The average Bonchev–Trinajstić information content (AvgIpc) is 2.79. The van der Waals surface area contributed by atoms with Crippen molar-refractivity contribution in [2.45, 2.75) is 30.2 Å². The Hall–Kier alpha value is -3.16. The number of carbonyl (C=O) groups excluding carboxylic acids is 1. The first-order chi connectivity index (χ1) is 15.0. The van der Waals surface area contributed by atoms with Crippen LogP contribution >= 0.6 is 0 Å². The van der Waals surface area contributed by atoms with Crippen molar-refractivity contribution in [3.05, 3.63) is 90.0 Å². The number of nitrogens with one attached hydrogen (secondary N) is 2. The number of fused-ring (bicyclic) bond motifs is 1. The first-order valence-corrected chi connectivity index (χ1v) is 11.7. The van der Waals surface area contributed by atoms with Crippen molar-refractivity contribution in [1.82, 2.24) is 4.72 Å². The molecule has 0 saturated carbocycles. The summed E-state index contributed by atoms with van der Waals surface area (Å²) in [6.45, 7) is -0.0746. The summed E-state index contributed by atoms with van der Waals surface area (Å²) in [5.41, 5.74) is 2.50. The van der Waals surface area contributed by atoms with E-state index in [4.69, 9.17) is 4.74 Å². The predicted octanol–water partition coefficient (Wildman–Crippen LogP) is 4.06. The molecule has 2 N–H and O–H groups in total. The van der Waals surface area contributed by atoms with Gasteiger partial charge in [-0.25, -0.2) is 13.1 Å². The molecule has 0 radical (unpaired) electrons. The molecule has 1 amide bonds. The number of carbonyl (C=O) groups is 1. The van der Waals surface area contributed by atoms with Gasteiger partial charge in [0.25, 0.3) is 5.91 Å². The highest BCUT2D eigenvalue weighted by atomic mass is 32.2. The summed E-state index contributed by atoms with van der Waals surface area (Å²) in [5, 5.41) is 2.65. The summed E-state index contributed by atoms with van der Waals surface area (Å²) in [6.07, 6.45) is 2.36. The minimum Gasteiger partial charge on any atom is -0.482 e. The maximum absolute atomic E-state index is 13.2. The lowest BCUT2D eigenvalue weighted by Crippen LogP contribution is -2.30. The largest absolute Gasteiger partial charge is 0.482 e. The number of rotatable bonds is 8. The lowest BCUT2D eigenvalue weighted by atomic mass is 10.00. The molecule has 1 atom stereocenters. The predicted molar refractivity (Wildman–Crippen MR) is 119 cm³/mol. The number of amides is 1. The van der Waals surface area contributed by atoms with Crippen LogP contribution in [-0.2, 0) is 21.2 Å². The van der Waals surface area contributed by atoms with Gasteiger partial charge >= 0.3 is 0 Å². The van der Waals surface area contributed by atoms with Gasteiger partial charge in [-0.2, -0.15) is 0 Å². The molecule has 31 heavy (non-hydrogen) atoms. The Labute approximate surface area is 182 Å². The van der Waals surface area contributed by atoms with Crippen LogP contribution in [-0.4, -0.2) is 20.9 Å². The Morgan fingerprint density at radius 3 is 2.42 bits per heavy atom. The van der Waals surface area contributed by atoms with E-state index in [1.165, 1.54) is 17.7 Å². The number of hydrogen-bond donors (Lipinski definition) is 2. The zero-order chi connectivity index (χ0) is 21.7. The second kappa shape index (κ2) is 9.32. The second-order valence-corrected chi connectivity index (χ2v) is 9.17. The van der Waals surface area contributed by atoms with Crippen LogP contribution in [0.25, 0.3) is 0 Å². The molecule has 0 bridgehead atoms. The molecule has 6 nitrogen and oxygen atoms in total. The van der Waals surface area contributed by atoms with E-state index in [2.05, 4.69) is 22.2 Å². The standard InChI is InChI=1S/C24H24N2O4S/c27-24-17-30-23-15-14-20(16-22(23)25-24)31(28,29)26-21(19-11-5-2-6-12-19)13-7-10-18-8-3-1-4-9-18/h1-6,8-9,11-12,14-16,21,26H,7,10,13,17H2,(H,25,27). The molecule has 3 aromatic carbocycles. The van der Waals surface area contributed by atoms with Crippen molar-refractivity contribution in [2.75, 3.05) is 11.9 Å². The van der Waals surface area contributed by atoms with Gasteiger partial charge in [0, 0.05) is 6.04 Å².